The highest BCUT2D eigenvalue weighted by molar-refractivity contribution is 4.94. The molecular formula is C4H10N2. The van der Waals surface area contributed by atoms with Crippen LogP contribution in [0, 0.1) is 0 Å². The molecule has 2 nitrogen and oxygen atoms in total. The van der Waals surface area contributed by atoms with Crippen molar-refractivity contribution >= 4 is 0 Å². The number of hydrogen-bond acceptors (Lipinski definition) is 2. The number of nitrogens with two attached hydrogens (primary N) is 2. The molecule has 0 amide bonds. The number of hydrogen-bond donors (Lipinski definition) is 2. The van der Waals surface area contributed by atoms with Crippen molar-refractivity contribution in [2.45, 2.75) is 6.92 Å². The summed E-state index contributed by atoms with van der Waals surface area (Å²) in [5.41, 5.74) is 11.0. The average Bonchev–Trinajstić information content (AvgIpc) is 1.65. The van der Waals surface area contributed by atoms with E-state index in [2.05, 4.69) is 0 Å². The average molecular weight is 86.1 g/mol. The molecule has 0 aromatic heterocycles. The third-order valence-corrected chi connectivity index (χ3v) is 0.606. The summed E-state index contributed by atoms with van der Waals surface area (Å²) >= 11 is 0. The predicted octanol–water partition coefficient (Wildman–Crippen LogP) is -0.192. The summed E-state index contributed by atoms with van der Waals surface area (Å²) in [6, 6.07) is 0. The Balaban J connectivity index is 3.22. The van der Waals surface area contributed by atoms with Crippen molar-refractivity contribution in [3.8, 4) is 0 Å². The molecule has 0 radical (unpaired) electrons. The summed E-state index contributed by atoms with van der Waals surface area (Å²) in [5, 5.41) is 0. The molecule has 0 aromatic rings. The Morgan fingerprint density at radius 3 is 2.33 bits per heavy atom. The van der Waals surface area contributed by atoms with Crippen LogP contribution < -0.4 is 11.5 Å². The normalized spacial score (nSPS) is 12.0. The van der Waals surface area contributed by atoms with Crippen LogP contribution in [0.2, 0.25) is 0 Å². The molecule has 0 heterocycles. The van der Waals surface area contributed by atoms with E-state index < -0.39 is 0 Å². The third-order valence-electron chi connectivity index (χ3n) is 0.606. The molecule has 0 aliphatic heterocycles. The molecule has 0 aliphatic rings. The third kappa shape index (κ3) is 1.79. The zero-order valence-corrected chi connectivity index (χ0v) is 3.94. The standard InChI is InChI=1S/C4H10N2/c1-2-4(6)3-5/h2H,3,5-6H2,1H3/b4-2-. The molecule has 0 atom stereocenters. The molecular weight excluding hydrogens is 76.1 g/mol. The summed E-state index contributed by atoms with van der Waals surface area (Å²) in [6.07, 6.45) is 1.79. The van der Waals surface area contributed by atoms with Crippen LogP contribution in [0.5, 0.6) is 0 Å². The zero-order chi connectivity index (χ0) is 4.99. The van der Waals surface area contributed by atoms with Crippen LogP contribution in [0.15, 0.2) is 11.8 Å². The second-order valence-electron chi connectivity index (χ2n) is 1.07. The van der Waals surface area contributed by atoms with Gasteiger partial charge in [-0.3, -0.25) is 0 Å². The molecule has 0 spiro atoms. The van der Waals surface area contributed by atoms with E-state index >= 15 is 0 Å². The van der Waals surface area contributed by atoms with E-state index in [4.69, 9.17) is 11.5 Å². The van der Waals surface area contributed by atoms with Gasteiger partial charge in [0, 0.05) is 12.2 Å². The van der Waals surface area contributed by atoms with Crippen molar-refractivity contribution < 1.29 is 0 Å². The van der Waals surface area contributed by atoms with Gasteiger partial charge < -0.3 is 11.5 Å². The van der Waals surface area contributed by atoms with Gasteiger partial charge in [-0.2, -0.15) is 0 Å². The molecule has 2 heteroatoms. The van der Waals surface area contributed by atoms with Gasteiger partial charge in [0.25, 0.3) is 0 Å². The van der Waals surface area contributed by atoms with Crippen LogP contribution in [-0.4, -0.2) is 6.54 Å². The van der Waals surface area contributed by atoms with E-state index in [0.717, 1.165) is 5.70 Å². The Kier molecular flexibility index (Phi) is 2.50. The molecule has 0 bridgehead atoms. The van der Waals surface area contributed by atoms with Gasteiger partial charge in [0.05, 0.1) is 0 Å². The molecule has 0 aliphatic carbocycles. The Morgan fingerprint density at radius 1 is 1.83 bits per heavy atom. The molecule has 0 saturated heterocycles. The van der Waals surface area contributed by atoms with E-state index in [0.29, 0.717) is 6.54 Å². The fourth-order valence-corrected chi connectivity index (χ4v) is 0.118. The summed E-state index contributed by atoms with van der Waals surface area (Å²) < 4.78 is 0. The van der Waals surface area contributed by atoms with Crippen LogP contribution in [0.4, 0.5) is 0 Å². The van der Waals surface area contributed by atoms with E-state index in [9.17, 15) is 0 Å². The van der Waals surface area contributed by atoms with Crippen molar-refractivity contribution in [1.82, 2.24) is 0 Å². The zero-order valence-electron chi connectivity index (χ0n) is 3.94. The monoisotopic (exact) mass is 86.1 g/mol. The van der Waals surface area contributed by atoms with Crippen molar-refractivity contribution in [2.75, 3.05) is 6.54 Å². The van der Waals surface area contributed by atoms with Crippen LogP contribution >= 0.6 is 0 Å². The maximum Gasteiger partial charge on any atom is 0.0323 e. The molecule has 0 rings (SSSR count). The minimum atomic E-state index is 0.469. The van der Waals surface area contributed by atoms with Gasteiger partial charge in [0.2, 0.25) is 0 Å². The highest BCUT2D eigenvalue weighted by Gasteiger charge is 1.73. The Bertz CT molecular complexity index is 56.6. The lowest BCUT2D eigenvalue weighted by atomic mass is 10.4. The first-order chi connectivity index (χ1) is 2.81. The predicted molar refractivity (Wildman–Crippen MR) is 27.0 cm³/mol. The lowest BCUT2D eigenvalue weighted by Crippen LogP contribution is -2.09. The first-order valence-electron chi connectivity index (χ1n) is 1.92. The van der Waals surface area contributed by atoms with Gasteiger partial charge in [-0.25, -0.2) is 0 Å². The minimum absolute atomic E-state index is 0.469. The highest BCUT2D eigenvalue weighted by atomic mass is 14.7. The Hall–Kier alpha value is -0.500. The van der Waals surface area contributed by atoms with Crippen molar-refractivity contribution in [2.24, 2.45) is 11.5 Å². The van der Waals surface area contributed by atoms with Crippen molar-refractivity contribution in [3.05, 3.63) is 11.8 Å². The first kappa shape index (κ1) is 5.50. The summed E-state index contributed by atoms with van der Waals surface area (Å²) in [7, 11) is 0. The highest BCUT2D eigenvalue weighted by Crippen LogP contribution is 1.71. The lowest BCUT2D eigenvalue weighted by Gasteiger charge is -1.87. The van der Waals surface area contributed by atoms with Gasteiger partial charge in [-0.05, 0) is 6.92 Å². The van der Waals surface area contributed by atoms with E-state index in [1.165, 1.54) is 0 Å². The van der Waals surface area contributed by atoms with Gasteiger partial charge in [0.1, 0.15) is 0 Å². The van der Waals surface area contributed by atoms with E-state index in [1.54, 1.807) is 6.08 Å². The van der Waals surface area contributed by atoms with Crippen LogP contribution in [0.1, 0.15) is 6.92 Å². The topological polar surface area (TPSA) is 52.0 Å². The maximum absolute atomic E-state index is 5.21. The minimum Gasteiger partial charge on any atom is -0.401 e. The second-order valence-corrected chi connectivity index (χ2v) is 1.07. The summed E-state index contributed by atoms with van der Waals surface area (Å²) in [4.78, 5) is 0. The smallest absolute Gasteiger partial charge is 0.0323 e. The van der Waals surface area contributed by atoms with Gasteiger partial charge in [-0.1, -0.05) is 6.08 Å². The molecule has 0 saturated carbocycles. The van der Waals surface area contributed by atoms with E-state index in [-0.39, 0.29) is 0 Å². The number of rotatable bonds is 1. The lowest BCUT2D eigenvalue weighted by molar-refractivity contribution is 1.10. The summed E-state index contributed by atoms with van der Waals surface area (Å²) in [5.74, 6) is 0. The number of allylic oxidation sites excluding steroid dienone is 1. The fraction of sp³-hybridized carbons (Fsp3) is 0.500. The fourth-order valence-electron chi connectivity index (χ4n) is 0.118. The molecule has 4 N–H and O–H groups in total. The molecule has 0 aromatic carbocycles. The van der Waals surface area contributed by atoms with Crippen LogP contribution in [-0.2, 0) is 0 Å². The molecule has 6 heavy (non-hydrogen) atoms. The molecule has 0 fully saturated rings. The van der Waals surface area contributed by atoms with Crippen LogP contribution in [0.3, 0.4) is 0 Å². The van der Waals surface area contributed by atoms with Gasteiger partial charge in [-0.15, -0.1) is 0 Å². The quantitative estimate of drug-likeness (QED) is 0.464. The van der Waals surface area contributed by atoms with Crippen LogP contribution in [0.25, 0.3) is 0 Å². The first-order valence-corrected chi connectivity index (χ1v) is 1.92. The Morgan fingerprint density at radius 2 is 2.33 bits per heavy atom. The largest absolute Gasteiger partial charge is 0.401 e. The van der Waals surface area contributed by atoms with E-state index in [1.807, 2.05) is 6.92 Å². The van der Waals surface area contributed by atoms with Crippen molar-refractivity contribution in [1.29, 1.82) is 0 Å². The SMILES string of the molecule is C/C=C(\N)CN. The molecule has 36 valence electrons. The van der Waals surface area contributed by atoms with Gasteiger partial charge in [0.15, 0.2) is 0 Å². The van der Waals surface area contributed by atoms with Gasteiger partial charge >= 0.3 is 0 Å². The maximum atomic E-state index is 5.21. The molecule has 0 unspecified atom stereocenters. The second kappa shape index (κ2) is 2.72. The Labute approximate surface area is 37.8 Å². The van der Waals surface area contributed by atoms with Crippen molar-refractivity contribution in [3.63, 3.8) is 0 Å². The summed E-state index contributed by atoms with van der Waals surface area (Å²) in [6.45, 7) is 2.33.